The molecule has 0 spiro atoms. The molecule has 0 heterocycles. The van der Waals surface area contributed by atoms with Crippen LogP contribution in [0.2, 0.25) is 8.87 Å². The fourth-order valence-corrected chi connectivity index (χ4v) is 8.02. The van der Waals surface area contributed by atoms with Crippen LogP contribution >= 0.6 is 12.6 Å². The number of hydrogen-bond acceptors (Lipinski definition) is 5. The third-order valence-corrected chi connectivity index (χ3v) is 11.1. The van der Waals surface area contributed by atoms with Crippen LogP contribution in [0.3, 0.4) is 0 Å². The molecule has 0 saturated carbocycles. The molecule has 3 nitrogen and oxygen atoms in total. The molecule has 0 aromatic heterocycles. The van der Waals surface area contributed by atoms with Crippen molar-refractivity contribution in [3.05, 3.63) is 0 Å². The van der Waals surface area contributed by atoms with Gasteiger partial charge in [0.2, 0.25) is 0 Å². The Kier molecular flexibility index (Phi) is 50.3. The van der Waals surface area contributed by atoms with Gasteiger partial charge in [0.05, 0.1) is 12.4 Å². The number of aliphatic hydroxyl groups is 1. The fraction of sp³-hybridized carbons (Fsp3) is 0.971. The van der Waals surface area contributed by atoms with Crippen LogP contribution in [0.15, 0.2) is 0 Å². The van der Waals surface area contributed by atoms with Gasteiger partial charge >= 0.3 is 101 Å². The van der Waals surface area contributed by atoms with Gasteiger partial charge in [0.15, 0.2) is 0 Å². The normalized spacial score (nSPS) is 11.2. The number of hydrogen-bond donors (Lipinski definition) is 2. The molecule has 1 radical (unpaired) electrons. The summed E-state index contributed by atoms with van der Waals surface area (Å²) in [5, 5.41) is 7.87. The van der Waals surface area contributed by atoms with Crippen LogP contribution < -0.4 is 0 Å². The molecule has 0 aromatic carbocycles. The van der Waals surface area contributed by atoms with Crippen LogP contribution in [0.4, 0.5) is 0 Å². The fourth-order valence-electron chi connectivity index (χ4n) is 4.36. The number of carbonyl (C=O) groups excluding carboxylic acids is 1. The van der Waals surface area contributed by atoms with E-state index >= 15 is 0 Å². The SMILES string of the molecule is CC(O)[S-].CCCCCCCCCCCCCCCCCCOC(=O)CS.CCCCC[CH2][Sn+][CH2]CCCCC. The van der Waals surface area contributed by atoms with Crippen LogP contribution in [0, 0.1) is 0 Å². The van der Waals surface area contributed by atoms with Crippen LogP contribution in [0.1, 0.15) is 182 Å². The Bertz CT molecular complexity index is 427. The topological polar surface area (TPSA) is 46.5 Å². The standard InChI is InChI=1S/C20H40O2S.2C6H13.C2H6OS.Sn/c1-2-3-4-5-6-7-8-9-10-11-12-13-14-15-16-17-18-22-20(21)19-23;2*1-3-5-6-4-2;1-2(3)4;/h23H,2-19H2,1H3;2*1,3-6H2,2H3;2-4H,1H3;/q;;;;+1/p-1. The molecular formula is C34H71O3S2Sn. The summed E-state index contributed by atoms with van der Waals surface area (Å²) < 4.78 is 8.29. The summed E-state index contributed by atoms with van der Waals surface area (Å²) in [6.07, 6.45) is 33.6. The zero-order valence-electron chi connectivity index (χ0n) is 27.5. The van der Waals surface area contributed by atoms with Crippen molar-refractivity contribution >= 4 is 52.4 Å². The van der Waals surface area contributed by atoms with Gasteiger partial charge in [0.1, 0.15) is 0 Å². The molecule has 0 rings (SSSR count). The Hall–Kier alpha value is 0.929. The summed E-state index contributed by atoms with van der Waals surface area (Å²) in [5.41, 5.74) is -0.583. The molecular weight excluding hydrogens is 639 g/mol. The molecule has 0 saturated heterocycles. The first-order valence-electron chi connectivity index (χ1n) is 17.3. The minimum absolute atomic E-state index is 0.104. The van der Waals surface area contributed by atoms with E-state index < -0.39 is 5.44 Å². The number of unbranched alkanes of at least 4 members (excludes halogenated alkanes) is 21. The number of ether oxygens (including phenoxy) is 1. The van der Waals surface area contributed by atoms with E-state index in [4.69, 9.17) is 9.84 Å². The summed E-state index contributed by atoms with van der Waals surface area (Å²) >= 11 is 8.16. The molecule has 0 fully saturated rings. The molecule has 0 aliphatic carbocycles. The van der Waals surface area contributed by atoms with Crippen molar-refractivity contribution in [1.82, 2.24) is 0 Å². The number of carbonyl (C=O) groups is 1. The minimum atomic E-state index is -0.583. The second kappa shape index (κ2) is 44.4. The Morgan fingerprint density at radius 3 is 1.20 bits per heavy atom. The van der Waals surface area contributed by atoms with E-state index in [-0.39, 0.29) is 32.9 Å². The summed E-state index contributed by atoms with van der Waals surface area (Å²) in [6.45, 7) is 8.98. The van der Waals surface area contributed by atoms with E-state index in [2.05, 4.69) is 46.0 Å². The number of thiol groups is 1. The van der Waals surface area contributed by atoms with Gasteiger partial charge in [-0.05, 0) is 6.42 Å². The summed E-state index contributed by atoms with van der Waals surface area (Å²) in [7, 11) is 0. The van der Waals surface area contributed by atoms with E-state index in [1.807, 2.05) is 0 Å². The van der Waals surface area contributed by atoms with Crippen molar-refractivity contribution in [2.24, 2.45) is 0 Å². The molecule has 0 aliphatic heterocycles. The first kappa shape index (κ1) is 45.4. The maximum absolute atomic E-state index is 10.9. The molecule has 0 aliphatic rings. The third kappa shape index (κ3) is 54.9. The zero-order valence-corrected chi connectivity index (χ0v) is 32.1. The molecule has 6 heteroatoms. The Balaban J connectivity index is -0.000000674. The summed E-state index contributed by atoms with van der Waals surface area (Å²) in [5.74, 6) is -0.00642. The number of aliphatic hydroxyl groups excluding tert-OH is 1. The van der Waals surface area contributed by atoms with E-state index in [0.29, 0.717) is 6.61 Å². The zero-order chi connectivity index (χ0) is 30.4. The molecule has 0 amide bonds. The number of rotatable bonds is 28. The van der Waals surface area contributed by atoms with Crippen molar-refractivity contribution in [3.8, 4) is 0 Å². The monoisotopic (exact) mass is 711 g/mol. The summed E-state index contributed by atoms with van der Waals surface area (Å²) in [4.78, 5) is 10.9. The van der Waals surface area contributed by atoms with Crippen LogP contribution in [0.25, 0.3) is 0 Å². The Morgan fingerprint density at radius 1 is 0.625 bits per heavy atom. The van der Waals surface area contributed by atoms with Gasteiger partial charge in [0.25, 0.3) is 0 Å². The van der Waals surface area contributed by atoms with Crippen molar-refractivity contribution < 1.29 is 14.6 Å². The van der Waals surface area contributed by atoms with Crippen molar-refractivity contribution in [2.45, 2.75) is 196 Å². The average Bonchev–Trinajstić information content (AvgIpc) is 2.93. The van der Waals surface area contributed by atoms with Gasteiger partial charge in [0, 0.05) is 0 Å². The third-order valence-electron chi connectivity index (χ3n) is 6.80. The van der Waals surface area contributed by atoms with Gasteiger partial charge < -0.3 is 22.5 Å². The van der Waals surface area contributed by atoms with Gasteiger partial charge in [-0.25, -0.2) is 0 Å². The van der Waals surface area contributed by atoms with Gasteiger partial charge in [-0.2, -0.15) is 12.6 Å². The van der Waals surface area contributed by atoms with E-state index in [0.717, 1.165) is 6.42 Å². The van der Waals surface area contributed by atoms with Crippen LogP contribution in [0.5, 0.6) is 0 Å². The van der Waals surface area contributed by atoms with Gasteiger partial charge in [-0.15, -0.1) is 0 Å². The van der Waals surface area contributed by atoms with Gasteiger partial charge in [-0.1, -0.05) is 116 Å². The maximum atomic E-state index is 10.9. The van der Waals surface area contributed by atoms with Crippen molar-refractivity contribution in [2.75, 3.05) is 12.4 Å². The van der Waals surface area contributed by atoms with E-state index in [1.54, 1.807) is 21.7 Å². The van der Waals surface area contributed by atoms with Crippen LogP contribution in [-0.4, -0.2) is 50.0 Å². The van der Waals surface area contributed by atoms with Crippen LogP contribution in [-0.2, 0) is 22.2 Å². The quantitative estimate of drug-likeness (QED) is 0.0279. The second-order valence-corrected chi connectivity index (χ2v) is 16.4. The van der Waals surface area contributed by atoms with Gasteiger partial charge in [-0.3, -0.25) is 4.79 Å². The van der Waals surface area contributed by atoms with E-state index in [9.17, 15) is 4.79 Å². The Labute approximate surface area is 274 Å². The molecule has 40 heavy (non-hydrogen) atoms. The predicted molar refractivity (Wildman–Crippen MR) is 187 cm³/mol. The first-order chi connectivity index (χ1) is 19.5. The van der Waals surface area contributed by atoms with Crippen molar-refractivity contribution in [1.29, 1.82) is 0 Å². The van der Waals surface area contributed by atoms with E-state index in [1.165, 1.54) is 142 Å². The average molecular weight is 711 g/mol. The van der Waals surface area contributed by atoms with Crippen molar-refractivity contribution in [3.63, 3.8) is 0 Å². The molecule has 241 valence electrons. The Morgan fingerprint density at radius 2 is 0.900 bits per heavy atom. The molecule has 1 unspecified atom stereocenters. The first-order valence-corrected chi connectivity index (χ1v) is 22.4. The predicted octanol–water partition coefficient (Wildman–Crippen LogP) is 11.3. The number of esters is 1. The molecule has 1 atom stereocenters. The molecule has 0 bridgehead atoms. The second-order valence-electron chi connectivity index (χ2n) is 11.2. The molecule has 0 aromatic rings. The summed E-state index contributed by atoms with van der Waals surface area (Å²) in [6, 6.07) is 0. The molecule has 1 N–H and O–H groups in total.